The Morgan fingerprint density at radius 2 is 1.94 bits per heavy atom. The largest absolute Gasteiger partial charge is 0.504 e. The molecule has 3 aliphatic heterocycles. The first-order chi connectivity index (χ1) is 24.3. The van der Waals surface area contributed by atoms with Gasteiger partial charge < -0.3 is 39.0 Å². The zero-order valence-corrected chi connectivity index (χ0v) is 29.1. The van der Waals surface area contributed by atoms with E-state index in [0.717, 1.165) is 66.1 Å². The molecule has 2 N–H and O–H groups in total. The van der Waals surface area contributed by atoms with Crippen LogP contribution in [0.5, 0.6) is 11.5 Å². The Kier molecular flexibility index (Phi) is 10.1. The number of carbonyl (C=O) groups is 2. The molecule has 2 amide bonds. The molecule has 1 aromatic heterocycles. The Balaban J connectivity index is 1.03. The first kappa shape index (κ1) is 34.0. The standard InChI is InChI=1S/C39H47N5O6/c1-26(23-41(2)24-27-7-6-8-29(13-11-27)50-20-17-42-15-18-49-19-16-42)43-25-36(46)44-33(39(43)47)22-31-30-9-4-5-10-32(30)40-37(31)38(44)28-12-14-34(45)35(21-28)48-3/h4-14,21,26,29,33,38,40,45H,15-20,22-25H2,1-3H3. The van der Waals surface area contributed by atoms with Crippen LogP contribution in [0.15, 0.2) is 78.4 Å². The second-order valence-corrected chi connectivity index (χ2v) is 13.7. The number of phenolic OH excluding ortho intramolecular Hbond substituents is 1. The van der Waals surface area contributed by atoms with Crippen molar-refractivity contribution in [2.75, 3.05) is 73.2 Å². The van der Waals surface area contributed by atoms with Crippen LogP contribution in [0.1, 0.15) is 29.8 Å². The van der Waals surface area contributed by atoms with Crippen LogP contribution in [0.25, 0.3) is 10.9 Å². The number of amides is 2. The van der Waals surface area contributed by atoms with Crippen molar-refractivity contribution >= 4 is 22.7 Å². The van der Waals surface area contributed by atoms with Crippen molar-refractivity contribution in [2.45, 2.75) is 37.6 Å². The molecule has 264 valence electrons. The van der Waals surface area contributed by atoms with Gasteiger partial charge in [0.05, 0.1) is 39.1 Å². The summed E-state index contributed by atoms with van der Waals surface area (Å²) in [6.07, 6.45) is 10.8. The third kappa shape index (κ3) is 6.96. The molecule has 1 aliphatic carbocycles. The Labute approximate surface area is 293 Å². The average molecular weight is 682 g/mol. The maximum Gasteiger partial charge on any atom is 0.246 e. The molecule has 3 aromatic rings. The molecule has 0 spiro atoms. The lowest BCUT2D eigenvalue weighted by atomic mass is 9.86. The van der Waals surface area contributed by atoms with Gasteiger partial charge >= 0.3 is 0 Å². The van der Waals surface area contributed by atoms with E-state index in [1.165, 1.54) is 7.11 Å². The van der Waals surface area contributed by atoms with Gasteiger partial charge in [-0.15, -0.1) is 0 Å². The molecular weight excluding hydrogens is 634 g/mol. The second kappa shape index (κ2) is 14.8. The zero-order chi connectivity index (χ0) is 34.8. The fourth-order valence-corrected chi connectivity index (χ4v) is 7.78. The van der Waals surface area contributed by atoms with Crippen LogP contribution < -0.4 is 4.74 Å². The monoisotopic (exact) mass is 681 g/mol. The van der Waals surface area contributed by atoms with Crippen molar-refractivity contribution in [3.05, 3.63) is 95.2 Å². The van der Waals surface area contributed by atoms with Crippen LogP contribution in [0, 0.1) is 0 Å². The minimum absolute atomic E-state index is 0.000425. The lowest BCUT2D eigenvalue weighted by molar-refractivity contribution is -0.160. The zero-order valence-electron chi connectivity index (χ0n) is 29.1. The number of carbonyl (C=O) groups excluding carboxylic acids is 2. The smallest absolute Gasteiger partial charge is 0.246 e. The molecule has 0 radical (unpaired) electrons. The minimum atomic E-state index is -0.654. The molecule has 50 heavy (non-hydrogen) atoms. The van der Waals surface area contributed by atoms with E-state index in [4.69, 9.17) is 14.2 Å². The highest BCUT2D eigenvalue weighted by atomic mass is 16.5. The number of methoxy groups -OCH3 is 1. The summed E-state index contributed by atoms with van der Waals surface area (Å²) >= 11 is 0. The van der Waals surface area contributed by atoms with E-state index in [1.54, 1.807) is 28.0 Å². The number of benzene rings is 2. The Bertz CT molecular complexity index is 1810. The van der Waals surface area contributed by atoms with Gasteiger partial charge in [-0.2, -0.15) is 0 Å². The lowest BCUT2D eigenvalue weighted by Crippen LogP contribution is -2.65. The van der Waals surface area contributed by atoms with Crippen molar-refractivity contribution < 1.29 is 28.9 Å². The number of H-pyrrole nitrogens is 1. The van der Waals surface area contributed by atoms with Gasteiger partial charge in [0.25, 0.3) is 0 Å². The predicted octanol–water partition coefficient (Wildman–Crippen LogP) is 3.66. The number of hydrogen-bond donors (Lipinski definition) is 2. The topological polar surface area (TPSA) is 111 Å². The normalized spacial score (nSPS) is 23.2. The molecule has 4 unspecified atom stereocenters. The molecule has 2 aromatic carbocycles. The van der Waals surface area contributed by atoms with E-state index in [9.17, 15) is 14.7 Å². The van der Waals surface area contributed by atoms with Gasteiger partial charge in [0.2, 0.25) is 11.8 Å². The number of likely N-dealkylation sites (N-methyl/N-ethyl adjacent to an activating group) is 1. The summed E-state index contributed by atoms with van der Waals surface area (Å²) < 4.78 is 17.0. The Hall–Kier alpha value is -4.42. The number of phenols is 1. The van der Waals surface area contributed by atoms with Crippen LogP contribution in [0.2, 0.25) is 0 Å². The molecule has 4 heterocycles. The van der Waals surface area contributed by atoms with Crippen LogP contribution in [-0.2, 0) is 25.5 Å². The average Bonchev–Trinajstić information content (AvgIpc) is 3.35. The van der Waals surface area contributed by atoms with E-state index in [0.29, 0.717) is 31.9 Å². The summed E-state index contributed by atoms with van der Waals surface area (Å²) in [5.41, 5.74) is 4.80. The Morgan fingerprint density at radius 1 is 1.12 bits per heavy atom. The molecule has 4 aliphatic rings. The maximum absolute atomic E-state index is 14.4. The fraction of sp³-hybridized carbons (Fsp3) is 0.436. The molecule has 4 atom stereocenters. The number of ether oxygens (including phenoxy) is 3. The van der Waals surface area contributed by atoms with E-state index < -0.39 is 12.1 Å². The summed E-state index contributed by atoms with van der Waals surface area (Å²) in [7, 11) is 3.55. The van der Waals surface area contributed by atoms with Crippen molar-refractivity contribution in [1.29, 1.82) is 0 Å². The third-order valence-electron chi connectivity index (χ3n) is 10.3. The lowest BCUT2D eigenvalue weighted by Gasteiger charge is -2.48. The highest BCUT2D eigenvalue weighted by Gasteiger charge is 2.49. The summed E-state index contributed by atoms with van der Waals surface area (Å²) in [4.78, 5) is 40.1. The van der Waals surface area contributed by atoms with E-state index in [2.05, 4.69) is 51.2 Å². The molecule has 0 bridgehead atoms. The number of allylic oxidation sites excluding steroid dienone is 2. The van der Waals surface area contributed by atoms with Gasteiger partial charge in [-0.05, 0) is 48.9 Å². The van der Waals surface area contributed by atoms with Crippen LogP contribution in [0.3, 0.4) is 0 Å². The summed E-state index contributed by atoms with van der Waals surface area (Å²) in [6.45, 7) is 8.36. The number of nitrogens with one attached hydrogen (secondary N) is 1. The number of para-hydroxylation sites is 1. The van der Waals surface area contributed by atoms with Crippen LogP contribution in [-0.4, -0.2) is 133 Å². The quantitative estimate of drug-likeness (QED) is 0.316. The number of morpholine rings is 1. The molecule has 7 rings (SSSR count). The van der Waals surface area contributed by atoms with Gasteiger partial charge in [-0.25, -0.2) is 0 Å². The molecular formula is C39H47N5O6. The number of nitrogens with zero attached hydrogens (tertiary/aromatic N) is 4. The number of aromatic amines is 1. The van der Waals surface area contributed by atoms with Gasteiger partial charge in [-0.1, -0.05) is 54.6 Å². The van der Waals surface area contributed by atoms with Gasteiger partial charge in [-0.3, -0.25) is 14.5 Å². The number of rotatable bonds is 11. The highest BCUT2D eigenvalue weighted by molar-refractivity contribution is 5.98. The minimum Gasteiger partial charge on any atom is -0.504 e. The first-order valence-electron chi connectivity index (χ1n) is 17.5. The van der Waals surface area contributed by atoms with Gasteiger partial charge in [0, 0.05) is 61.8 Å². The summed E-state index contributed by atoms with van der Waals surface area (Å²) in [6, 6.07) is 11.8. The van der Waals surface area contributed by atoms with Gasteiger partial charge in [0.15, 0.2) is 11.5 Å². The molecule has 2 saturated heterocycles. The van der Waals surface area contributed by atoms with Crippen molar-refractivity contribution in [3.63, 3.8) is 0 Å². The summed E-state index contributed by atoms with van der Waals surface area (Å²) in [5.74, 6) is 0.178. The molecule has 11 nitrogen and oxygen atoms in total. The number of piperazine rings is 1. The molecule has 0 saturated carbocycles. The maximum atomic E-state index is 14.4. The number of fused-ring (bicyclic) bond motifs is 4. The molecule has 11 heteroatoms. The third-order valence-corrected chi connectivity index (χ3v) is 10.3. The fourth-order valence-electron chi connectivity index (χ4n) is 7.78. The van der Waals surface area contributed by atoms with E-state index >= 15 is 0 Å². The SMILES string of the molecule is COc1cc(C2c3[nH]c4ccccc4c3CC3C(=O)N(C(C)CN(C)CC4=CC=CC(OCCN5CCOCC5)C=C4)CC(=O)N32)ccc1O. The van der Waals surface area contributed by atoms with Gasteiger partial charge in [0.1, 0.15) is 12.6 Å². The first-order valence-corrected chi connectivity index (χ1v) is 17.5. The number of aromatic hydroxyl groups is 1. The molecule has 2 fully saturated rings. The second-order valence-electron chi connectivity index (χ2n) is 13.7. The number of hydrogen-bond acceptors (Lipinski definition) is 8. The van der Waals surface area contributed by atoms with Crippen molar-refractivity contribution in [3.8, 4) is 11.5 Å². The summed E-state index contributed by atoms with van der Waals surface area (Å²) in [5, 5.41) is 11.4. The van der Waals surface area contributed by atoms with E-state index in [1.807, 2.05) is 32.2 Å². The van der Waals surface area contributed by atoms with Crippen molar-refractivity contribution in [1.82, 2.24) is 24.6 Å². The predicted molar refractivity (Wildman–Crippen MR) is 191 cm³/mol. The number of aromatic nitrogens is 1. The van der Waals surface area contributed by atoms with Crippen molar-refractivity contribution in [2.24, 2.45) is 0 Å². The van der Waals surface area contributed by atoms with E-state index in [-0.39, 0.29) is 36.3 Å². The highest BCUT2D eigenvalue weighted by Crippen LogP contribution is 2.44. The van der Waals surface area contributed by atoms with Crippen LogP contribution in [0.4, 0.5) is 0 Å². The Morgan fingerprint density at radius 3 is 2.76 bits per heavy atom. The van der Waals surface area contributed by atoms with Crippen LogP contribution >= 0.6 is 0 Å².